The van der Waals surface area contributed by atoms with Gasteiger partial charge in [-0.3, -0.25) is 4.79 Å². The highest BCUT2D eigenvalue weighted by atomic mass is 32.2. The van der Waals surface area contributed by atoms with Gasteiger partial charge in [0.1, 0.15) is 11.5 Å². The van der Waals surface area contributed by atoms with Gasteiger partial charge in [-0.2, -0.15) is 4.31 Å². The number of hydrogen-bond acceptors (Lipinski definition) is 7. The first-order valence-electron chi connectivity index (χ1n) is 9.75. The van der Waals surface area contributed by atoms with Crippen LogP contribution < -0.4 is 10.1 Å². The van der Waals surface area contributed by atoms with E-state index >= 15 is 0 Å². The molecule has 0 unspecified atom stereocenters. The fourth-order valence-corrected chi connectivity index (χ4v) is 4.74. The number of carbonyl (C=O) groups is 2. The van der Waals surface area contributed by atoms with Crippen molar-refractivity contribution in [1.82, 2.24) is 4.31 Å². The third kappa shape index (κ3) is 5.53. The van der Waals surface area contributed by atoms with E-state index in [9.17, 15) is 23.1 Å². The van der Waals surface area contributed by atoms with Crippen molar-refractivity contribution in [3.63, 3.8) is 0 Å². The molecule has 9 nitrogen and oxygen atoms in total. The van der Waals surface area contributed by atoms with E-state index in [1.165, 1.54) is 53.9 Å². The summed E-state index contributed by atoms with van der Waals surface area (Å²) in [4.78, 5) is 24.3. The lowest BCUT2D eigenvalue weighted by Gasteiger charge is -2.26. The topological polar surface area (TPSA) is 122 Å². The van der Waals surface area contributed by atoms with Crippen LogP contribution in [0, 0.1) is 0 Å². The summed E-state index contributed by atoms with van der Waals surface area (Å²) in [5.41, 5.74) is 0.337. The monoisotopic (exact) mass is 448 g/mol. The van der Waals surface area contributed by atoms with Gasteiger partial charge >= 0.3 is 5.97 Å². The van der Waals surface area contributed by atoms with Crippen LogP contribution in [-0.2, 0) is 19.6 Å². The summed E-state index contributed by atoms with van der Waals surface area (Å²) in [6.45, 7) is 0.346. The van der Waals surface area contributed by atoms with E-state index in [0.29, 0.717) is 13.1 Å². The summed E-state index contributed by atoms with van der Waals surface area (Å²) in [6.07, 6.45) is 2.62. The Morgan fingerprint density at radius 1 is 1.06 bits per heavy atom. The number of hydrogen-bond donors (Lipinski definition) is 2. The Labute approximate surface area is 180 Å². The fraction of sp³-hybridized carbons (Fsp3) is 0.333. The van der Waals surface area contributed by atoms with Gasteiger partial charge in [-0.1, -0.05) is 6.42 Å². The molecule has 1 fully saturated rings. The van der Waals surface area contributed by atoms with Crippen LogP contribution in [0.1, 0.15) is 29.6 Å². The summed E-state index contributed by atoms with van der Waals surface area (Å²) in [5.74, 6) is -1.11. The van der Waals surface area contributed by atoms with Crippen LogP contribution >= 0.6 is 0 Å². The lowest BCUT2D eigenvalue weighted by atomic mass is 10.2. The van der Waals surface area contributed by atoms with Crippen molar-refractivity contribution in [2.45, 2.75) is 24.2 Å². The van der Waals surface area contributed by atoms with Gasteiger partial charge < -0.3 is 19.9 Å². The number of nitrogens with one attached hydrogen (secondary N) is 1. The molecule has 2 N–H and O–H groups in total. The molecule has 1 saturated heterocycles. The van der Waals surface area contributed by atoms with Gasteiger partial charge in [-0.05, 0) is 55.3 Å². The molecule has 0 saturated carbocycles. The molecule has 3 rings (SSSR count). The van der Waals surface area contributed by atoms with E-state index in [1.807, 2.05) is 0 Å². The van der Waals surface area contributed by atoms with Gasteiger partial charge in [0.25, 0.3) is 5.91 Å². The molecule has 31 heavy (non-hydrogen) atoms. The van der Waals surface area contributed by atoms with Gasteiger partial charge in [0, 0.05) is 13.1 Å². The number of amides is 1. The summed E-state index contributed by atoms with van der Waals surface area (Å²) in [5, 5.41) is 11.8. The molecule has 1 aliphatic heterocycles. The fourth-order valence-electron chi connectivity index (χ4n) is 3.20. The number of phenols is 1. The minimum absolute atomic E-state index is 0.000718. The SMILES string of the molecule is COc1ccc(S(=O)(=O)N2CCCCC2)cc1NC(=O)COC(=O)c1ccc(O)cc1. The lowest BCUT2D eigenvalue weighted by molar-refractivity contribution is -0.119. The second kappa shape index (κ2) is 9.80. The second-order valence-electron chi connectivity index (χ2n) is 7.00. The largest absolute Gasteiger partial charge is 0.508 e. The normalized spacial score (nSPS) is 14.6. The molecule has 2 aromatic rings. The molecule has 2 aromatic carbocycles. The van der Waals surface area contributed by atoms with Gasteiger partial charge in [0.05, 0.1) is 23.3 Å². The second-order valence-corrected chi connectivity index (χ2v) is 8.94. The van der Waals surface area contributed by atoms with E-state index in [4.69, 9.17) is 9.47 Å². The van der Waals surface area contributed by atoms with E-state index in [2.05, 4.69) is 5.32 Å². The number of piperidine rings is 1. The van der Waals surface area contributed by atoms with Crippen LogP contribution in [0.3, 0.4) is 0 Å². The van der Waals surface area contributed by atoms with Gasteiger partial charge in [-0.25, -0.2) is 13.2 Å². The van der Waals surface area contributed by atoms with Crippen molar-refractivity contribution in [3.8, 4) is 11.5 Å². The average molecular weight is 448 g/mol. The maximum Gasteiger partial charge on any atom is 0.338 e. The Morgan fingerprint density at radius 2 is 1.74 bits per heavy atom. The van der Waals surface area contributed by atoms with Gasteiger partial charge in [0.2, 0.25) is 10.0 Å². The first-order chi connectivity index (χ1) is 14.8. The highest BCUT2D eigenvalue weighted by Crippen LogP contribution is 2.30. The highest BCUT2D eigenvalue weighted by Gasteiger charge is 2.27. The first kappa shape index (κ1) is 22.6. The molecule has 10 heteroatoms. The van der Waals surface area contributed by atoms with Crippen molar-refractivity contribution < 1.29 is 32.6 Å². The zero-order chi connectivity index (χ0) is 22.4. The van der Waals surface area contributed by atoms with Crippen molar-refractivity contribution in [1.29, 1.82) is 0 Å². The number of ether oxygens (including phenoxy) is 2. The van der Waals surface area contributed by atoms with Crippen molar-refractivity contribution in [3.05, 3.63) is 48.0 Å². The summed E-state index contributed by atoms with van der Waals surface area (Å²) < 4.78 is 37.4. The van der Waals surface area contributed by atoms with Crippen molar-refractivity contribution >= 4 is 27.6 Å². The van der Waals surface area contributed by atoms with Crippen LogP contribution in [0.5, 0.6) is 11.5 Å². The number of phenolic OH excluding ortho intramolecular Hbond substituents is 1. The number of benzene rings is 2. The minimum Gasteiger partial charge on any atom is -0.508 e. The minimum atomic E-state index is -3.69. The van der Waals surface area contributed by atoms with Crippen LogP contribution in [0.15, 0.2) is 47.4 Å². The Kier molecular flexibility index (Phi) is 7.13. The third-order valence-electron chi connectivity index (χ3n) is 4.84. The van der Waals surface area contributed by atoms with E-state index < -0.39 is 28.5 Å². The number of rotatable bonds is 7. The summed E-state index contributed by atoms with van der Waals surface area (Å²) >= 11 is 0. The molecule has 0 atom stereocenters. The number of esters is 1. The van der Waals surface area contributed by atoms with E-state index in [1.54, 1.807) is 0 Å². The smallest absolute Gasteiger partial charge is 0.338 e. The Balaban J connectivity index is 1.69. The molecular formula is C21H24N2O7S. The number of carbonyl (C=O) groups excluding carboxylic acids is 2. The zero-order valence-corrected chi connectivity index (χ0v) is 17.9. The van der Waals surface area contributed by atoms with Crippen LogP contribution in [0.25, 0.3) is 0 Å². The number of sulfonamides is 1. The third-order valence-corrected chi connectivity index (χ3v) is 6.73. The van der Waals surface area contributed by atoms with Crippen LogP contribution in [0.4, 0.5) is 5.69 Å². The maximum absolute atomic E-state index is 12.9. The number of anilines is 1. The Hall–Kier alpha value is -3.11. The highest BCUT2D eigenvalue weighted by molar-refractivity contribution is 7.89. The molecule has 1 aliphatic rings. The molecule has 0 aromatic heterocycles. The number of methoxy groups -OCH3 is 1. The molecule has 1 amide bonds. The molecule has 1 heterocycles. The molecule has 0 radical (unpaired) electrons. The van der Waals surface area contributed by atoms with E-state index in [0.717, 1.165) is 19.3 Å². The predicted molar refractivity (Wildman–Crippen MR) is 113 cm³/mol. The molecular weight excluding hydrogens is 424 g/mol. The standard InChI is InChI=1S/C21H24N2O7S/c1-29-19-10-9-17(31(27,28)23-11-3-2-4-12-23)13-18(19)22-20(25)14-30-21(26)15-5-7-16(24)8-6-15/h5-10,13,24H,2-4,11-12,14H2,1H3,(H,22,25). The molecule has 166 valence electrons. The number of aromatic hydroxyl groups is 1. The van der Waals surface area contributed by atoms with Crippen molar-refractivity contribution in [2.75, 3.05) is 32.1 Å². The summed E-state index contributed by atoms with van der Waals surface area (Å²) in [6, 6.07) is 9.63. The Morgan fingerprint density at radius 3 is 2.39 bits per heavy atom. The average Bonchev–Trinajstić information content (AvgIpc) is 2.78. The quantitative estimate of drug-likeness (QED) is 0.624. The Bertz CT molecular complexity index is 1050. The zero-order valence-electron chi connectivity index (χ0n) is 17.0. The molecule has 0 bridgehead atoms. The van der Waals surface area contributed by atoms with Crippen molar-refractivity contribution in [2.24, 2.45) is 0 Å². The van der Waals surface area contributed by atoms with Gasteiger partial charge in [-0.15, -0.1) is 0 Å². The first-order valence-corrected chi connectivity index (χ1v) is 11.2. The van der Waals surface area contributed by atoms with Crippen LogP contribution in [0.2, 0.25) is 0 Å². The predicted octanol–water partition coefficient (Wildman–Crippen LogP) is 2.37. The van der Waals surface area contributed by atoms with Crippen LogP contribution in [-0.4, -0.2) is 56.5 Å². The molecule has 0 spiro atoms. The number of nitrogens with zero attached hydrogens (tertiary/aromatic N) is 1. The lowest BCUT2D eigenvalue weighted by Crippen LogP contribution is -2.35. The molecule has 0 aliphatic carbocycles. The van der Waals surface area contributed by atoms with E-state index in [-0.39, 0.29) is 27.6 Å². The maximum atomic E-state index is 12.9. The summed E-state index contributed by atoms with van der Waals surface area (Å²) in [7, 11) is -2.29. The van der Waals surface area contributed by atoms with Gasteiger partial charge in [0.15, 0.2) is 6.61 Å².